The zero-order valence-corrected chi connectivity index (χ0v) is 13.5. The van der Waals surface area contributed by atoms with Crippen LogP contribution in [0.15, 0.2) is 30.3 Å². The molecule has 0 spiro atoms. The van der Waals surface area contributed by atoms with Crippen LogP contribution in [-0.2, 0) is 4.74 Å². The van der Waals surface area contributed by atoms with Crippen LogP contribution in [0.2, 0.25) is 0 Å². The smallest absolute Gasteiger partial charge is 0.0837 e. The molecule has 0 saturated heterocycles. The Morgan fingerprint density at radius 3 is 2.52 bits per heavy atom. The van der Waals surface area contributed by atoms with Crippen LogP contribution in [0.3, 0.4) is 0 Å². The van der Waals surface area contributed by atoms with Crippen molar-refractivity contribution in [1.29, 1.82) is 0 Å². The summed E-state index contributed by atoms with van der Waals surface area (Å²) in [6, 6.07) is 11.5. The molecule has 0 radical (unpaired) electrons. The van der Waals surface area contributed by atoms with Crippen molar-refractivity contribution in [2.75, 3.05) is 13.7 Å². The largest absolute Gasteiger partial charge is 0.374 e. The van der Waals surface area contributed by atoms with Gasteiger partial charge in [-0.25, -0.2) is 0 Å². The van der Waals surface area contributed by atoms with Gasteiger partial charge < -0.3 is 10.1 Å². The van der Waals surface area contributed by atoms with Crippen molar-refractivity contribution in [2.24, 2.45) is 5.92 Å². The van der Waals surface area contributed by atoms with Gasteiger partial charge in [-0.3, -0.25) is 0 Å². The highest BCUT2D eigenvalue weighted by Crippen LogP contribution is 2.54. The van der Waals surface area contributed by atoms with Gasteiger partial charge in [0.05, 0.1) is 5.60 Å². The van der Waals surface area contributed by atoms with Gasteiger partial charge >= 0.3 is 0 Å². The van der Waals surface area contributed by atoms with Crippen LogP contribution < -0.4 is 5.32 Å². The van der Waals surface area contributed by atoms with E-state index in [4.69, 9.17) is 4.74 Å². The van der Waals surface area contributed by atoms with Crippen molar-refractivity contribution in [3.63, 3.8) is 0 Å². The highest BCUT2D eigenvalue weighted by atomic mass is 16.5. The number of nitrogens with one attached hydrogen (secondary N) is 1. The molecule has 2 aliphatic carbocycles. The SMILES string of the molecule is CCOC1(C(NC)C2CC2c2ccccc2)CCCCC1. The van der Waals surface area contributed by atoms with Gasteiger partial charge in [-0.1, -0.05) is 49.6 Å². The fourth-order valence-electron chi connectivity index (χ4n) is 4.52. The monoisotopic (exact) mass is 287 g/mol. The lowest BCUT2D eigenvalue weighted by molar-refractivity contribution is -0.0935. The summed E-state index contributed by atoms with van der Waals surface area (Å²) in [4.78, 5) is 0. The van der Waals surface area contributed by atoms with E-state index in [0.717, 1.165) is 18.4 Å². The summed E-state index contributed by atoms with van der Waals surface area (Å²) in [7, 11) is 2.13. The van der Waals surface area contributed by atoms with E-state index in [1.807, 2.05) is 0 Å². The highest BCUT2D eigenvalue weighted by molar-refractivity contribution is 5.27. The third kappa shape index (κ3) is 3.02. The fraction of sp³-hybridized carbons (Fsp3) is 0.684. The van der Waals surface area contributed by atoms with E-state index in [1.165, 1.54) is 44.1 Å². The van der Waals surface area contributed by atoms with E-state index in [-0.39, 0.29) is 5.60 Å². The molecule has 2 saturated carbocycles. The van der Waals surface area contributed by atoms with Crippen molar-refractivity contribution >= 4 is 0 Å². The maximum Gasteiger partial charge on any atom is 0.0837 e. The molecular weight excluding hydrogens is 258 g/mol. The number of rotatable bonds is 6. The Morgan fingerprint density at radius 2 is 1.90 bits per heavy atom. The molecule has 0 aromatic heterocycles. The van der Waals surface area contributed by atoms with Crippen LogP contribution in [0.5, 0.6) is 0 Å². The molecule has 2 heteroatoms. The van der Waals surface area contributed by atoms with Gasteiger partial charge in [0.15, 0.2) is 0 Å². The molecule has 21 heavy (non-hydrogen) atoms. The van der Waals surface area contributed by atoms with E-state index < -0.39 is 0 Å². The Labute approximate surface area is 129 Å². The van der Waals surface area contributed by atoms with E-state index >= 15 is 0 Å². The van der Waals surface area contributed by atoms with Crippen molar-refractivity contribution in [3.05, 3.63) is 35.9 Å². The molecule has 0 heterocycles. The number of hydrogen-bond acceptors (Lipinski definition) is 2. The van der Waals surface area contributed by atoms with Crippen LogP contribution in [0.1, 0.15) is 56.9 Å². The Bertz CT molecular complexity index is 433. The number of hydrogen-bond donors (Lipinski definition) is 1. The summed E-state index contributed by atoms with van der Waals surface area (Å²) >= 11 is 0. The van der Waals surface area contributed by atoms with Crippen LogP contribution in [0.4, 0.5) is 0 Å². The first kappa shape index (κ1) is 15.1. The van der Waals surface area contributed by atoms with Gasteiger partial charge in [0.25, 0.3) is 0 Å². The lowest BCUT2D eigenvalue weighted by Gasteiger charge is -2.44. The third-order valence-electron chi connectivity index (χ3n) is 5.51. The molecular formula is C19H29NO. The highest BCUT2D eigenvalue weighted by Gasteiger charge is 2.52. The van der Waals surface area contributed by atoms with Crippen molar-refractivity contribution < 1.29 is 4.74 Å². The second-order valence-corrected chi connectivity index (χ2v) is 6.74. The topological polar surface area (TPSA) is 21.3 Å². The first-order chi connectivity index (χ1) is 10.3. The van der Waals surface area contributed by atoms with Gasteiger partial charge in [-0.2, -0.15) is 0 Å². The zero-order chi connectivity index (χ0) is 14.7. The minimum atomic E-state index is 0.0793. The molecule has 1 aromatic rings. The van der Waals surface area contributed by atoms with Crippen LogP contribution in [-0.4, -0.2) is 25.3 Å². The lowest BCUT2D eigenvalue weighted by atomic mass is 9.76. The molecule has 0 aliphatic heterocycles. The van der Waals surface area contributed by atoms with E-state index in [0.29, 0.717) is 6.04 Å². The summed E-state index contributed by atoms with van der Waals surface area (Å²) in [5.41, 5.74) is 1.58. The Balaban J connectivity index is 1.75. The normalized spacial score (nSPS) is 29.0. The Hall–Kier alpha value is -0.860. The fourth-order valence-corrected chi connectivity index (χ4v) is 4.52. The van der Waals surface area contributed by atoms with Gasteiger partial charge in [0.2, 0.25) is 0 Å². The standard InChI is InChI=1S/C19H29NO/c1-3-21-19(12-8-5-9-13-19)18(20-2)17-14-16(17)15-10-6-4-7-11-15/h4,6-7,10-11,16-18,20H,3,5,8-9,12-14H2,1-2H3. The number of ether oxygens (including phenoxy) is 1. The van der Waals surface area contributed by atoms with Crippen LogP contribution in [0.25, 0.3) is 0 Å². The molecule has 2 aliphatic rings. The molecule has 3 atom stereocenters. The van der Waals surface area contributed by atoms with Crippen LogP contribution in [0, 0.1) is 5.92 Å². The second-order valence-electron chi connectivity index (χ2n) is 6.74. The minimum Gasteiger partial charge on any atom is -0.374 e. The summed E-state index contributed by atoms with van der Waals surface area (Å²) < 4.78 is 6.35. The Kier molecular flexibility index (Phi) is 4.66. The average molecular weight is 287 g/mol. The van der Waals surface area contributed by atoms with E-state index in [1.54, 1.807) is 0 Å². The van der Waals surface area contributed by atoms with Gasteiger partial charge in [0, 0.05) is 12.6 Å². The van der Waals surface area contributed by atoms with E-state index in [9.17, 15) is 0 Å². The van der Waals surface area contributed by atoms with Gasteiger partial charge in [-0.15, -0.1) is 0 Å². The number of benzene rings is 1. The molecule has 2 nitrogen and oxygen atoms in total. The average Bonchev–Trinajstić information content (AvgIpc) is 3.30. The molecule has 3 rings (SSSR count). The zero-order valence-electron chi connectivity index (χ0n) is 13.5. The molecule has 0 amide bonds. The van der Waals surface area contributed by atoms with Crippen molar-refractivity contribution in [1.82, 2.24) is 5.32 Å². The maximum absolute atomic E-state index is 6.35. The van der Waals surface area contributed by atoms with Crippen molar-refractivity contribution in [2.45, 2.75) is 63.0 Å². The molecule has 1 aromatic carbocycles. The molecule has 1 N–H and O–H groups in total. The first-order valence-corrected chi connectivity index (χ1v) is 8.67. The van der Waals surface area contributed by atoms with Gasteiger partial charge in [-0.05, 0) is 50.6 Å². The summed E-state index contributed by atoms with van der Waals surface area (Å²) in [6.07, 6.45) is 7.78. The summed E-state index contributed by atoms with van der Waals surface area (Å²) in [5.74, 6) is 1.46. The van der Waals surface area contributed by atoms with Crippen molar-refractivity contribution in [3.8, 4) is 0 Å². The molecule has 2 fully saturated rings. The summed E-state index contributed by atoms with van der Waals surface area (Å²) in [5, 5.41) is 3.63. The molecule has 116 valence electrons. The van der Waals surface area contributed by atoms with E-state index in [2.05, 4.69) is 49.6 Å². The molecule has 3 unspecified atom stereocenters. The predicted octanol–water partition coefficient (Wildman–Crippen LogP) is 4.12. The predicted molar refractivity (Wildman–Crippen MR) is 87.6 cm³/mol. The first-order valence-electron chi connectivity index (χ1n) is 8.67. The second kappa shape index (κ2) is 6.50. The lowest BCUT2D eigenvalue weighted by Crippen LogP contribution is -2.54. The van der Waals surface area contributed by atoms with Crippen LogP contribution >= 0.6 is 0 Å². The molecule has 0 bridgehead atoms. The number of likely N-dealkylation sites (N-methyl/N-ethyl adjacent to an activating group) is 1. The quantitative estimate of drug-likeness (QED) is 0.850. The van der Waals surface area contributed by atoms with Gasteiger partial charge in [0.1, 0.15) is 0 Å². The summed E-state index contributed by atoms with van der Waals surface area (Å²) in [6.45, 7) is 2.98. The Morgan fingerprint density at radius 1 is 1.19 bits per heavy atom. The minimum absolute atomic E-state index is 0.0793. The third-order valence-corrected chi connectivity index (χ3v) is 5.51. The maximum atomic E-state index is 6.35.